The first-order valence-electron chi connectivity index (χ1n) is 5.12. The van der Waals surface area contributed by atoms with Gasteiger partial charge in [-0.1, -0.05) is 18.9 Å². The van der Waals surface area contributed by atoms with Crippen LogP contribution in [0.4, 0.5) is 0 Å². The number of rotatable bonds is 5. The number of nitrogens with zero attached hydrogens (tertiary/aromatic N) is 2. The van der Waals surface area contributed by atoms with Crippen LogP contribution < -0.4 is 0 Å². The quantitative estimate of drug-likeness (QED) is 0.768. The lowest BCUT2D eigenvalue weighted by atomic mass is 10.2. The highest BCUT2D eigenvalue weighted by Crippen LogP contribution is 2.19. The molecule has 1 rings (SSSR count). The van der Waals surface area contributed by atoms with Crippen molar-refractivity contribution < 1.29 is 0 Å². The summed E-state index contributed by atoms with van der Waals surface area (Å²) in [5.41, 5.74) is 1.25. The van der Waals surface area contributed by atoms with E-state index < -0.39 is 0 Å². The van der Waals surface area contributed by atoms with Crippen LogP contribution in [-0.2, 0) is 6.54 Å². The Bertz CT molecular complexity index is 304. The van der Waals surface area contributed by atoms with E-state index in [1.54, 1.807) is 0 Å². The fraction of sp³-hybridized carbons (Fsp3) is 0.545. The van der Waals surface area contributed by atoms with Crippen molar-refractivity contribution in [3.05, 3.63) is 28.5 Å². The molecule has 0 spiro atoms. The van der Waals surface area contributed by atoms with Crippen LogP contribution in [0.3, 0.4) is 0 Å². The van der Waals surface area contributed by atoms with Gasteiger partial charge in [0.25, 0.3) is 0 Å². The van der Waals surface area contributed by atoms with Crippen molar-refractivity contribution in [2.75, 3.05) is 5.75 Å². The molecule has 2 nitrogen and oxygen atoms in total. The number of hydrogen-bond acceptors (Lipinski definition) is 3. The summed E-state index contributed by atoms with van der Waals surface area (Å²) < 4.78 is 3.42. The molecule has 0 saturated carbocycles. The Labute approximate surface area is 105 Å². The largest absolute Gasteiger partial charge is 0.263 e. The third kappa shape index (κ3) is 4.53. The molecule has 0 aliphatic heterocycles. The van der Waals surface area contributed by atoms with Gasteiger partial charge in [-0.15, -0.1) is 0 Å². The van der Waals surface area contributed by atoms with Crippen molar-refractivity contribution in [1.29, 1.82) is 0 Å². The van der Waals surface area contributed by atoms with Crippen molar-refractivity contribution in [3.8, 4) is 0 Å². The molecule has 4 heteroatoms. The molecule has 0 amide bonds. The zero-order valence-electron chi connectivity index (χ0n) is 9.40. The van der Waals surface area contributed by atoms with Gasteiger partial charge in [0.2, 0.25) is 0 Å². The fourth-order valence-corrected chi connectivity index (χ4v) is 2.55. The average Bonchev–Trinajstić information content (AvgIpc) is 2.17. The van der Waals surface area contributed by atoms with Gasteiger partial charge in [-0.05, 0) is 41.4 Å². The molecule has 0 atom stereocenters. The van der Waals surface area contributed by atoms with Crippen molar-refractivity contribution >= 4 is 27.9 Å². The van der Waals surface area contributed by atoms with E-state index in [9.17, 15) is 0 Å². The molecule has 0 bridgehead atoms. The van der Waals surface area contributed by atoms with Gasteiger partial charge in [-0.2, -0.15) is 0 Å². The predicted octanol–water partition coefficient (Wildman–Crippen LogP) is 3.72. The summed E-state index contributed by atoms with van der Waals surface area (Å²) in [4.78, 5) is 4.17. The number of pyridine rings is 1. The van der Waals surface area contributed by atoms with Gasteiger partial charge in [0.1, 0.15) is 0 Å². The maximum atomic E-state index is 4.17. The molecule has 0 aromatic carbocycles. The van der Waals surface area contributed by atoms with Gasteiger partial charge in [0.05, 0.1) is 0 Å². The van der Waals surface area contributed by atoms with Crippen LogP contribution in [0.1, 0.15) is 26.3 Å². The fourth-order valence-electron chi connectivity index (χ4n) is 1.27. The monoisotopic (exact) mass is 288 g/mol. The van der Waals surface area contributed by atoms with E-state index in [2.05, 4.69) is 52.1 Å². The summed E-state index contributed by atoms with van der Waals surface area (Å²) in [6, 6.07) is 2.67. The summed E-state index contributed by atoms with van der Waals surface area (Å²) in [6.07, 6.45) is 3.74. The maximum Gasteiger partial charge on any atom is 0.0410 e. The van der Waals surface area contributed by atoms with Crippen LogP contribution in [0.2, 0.25) is 0 Å². The molecule has 0 N–H and O–H groups in total. The minimum atomic E-state index is 0.550. The van der Waals surface area contributed by atoms with Crippen LogP contribution >= 0.6 is 27.9 Å². The second kappa shape index (κ2) is 6.51. The molecule has 15 heavy (non-hydrogen) atoms. The van der Waals surface area contributed by atoms with E-state index in [4.69, 9.17) is 0 Å². The van der Waals surface area contributed by atoms with E-state index >= 15 is 0 Å². The molecule has 1 heterocycles. The molecule has 84 valence electrons. The van der Waals surface area contributed by atoms with Crippen LogP contribution in [-0.4, -0.2) is 21.1 Å². The molecule has 0 radical (unpaired) electrons. The Kier molecular flexibility index (Phi) is 5.64. The van der Waals surface area contributed by atoms with Gasteiger partial charge in [0.15, 0.2) is 0 Å². The van der Waals surface area contributed by atoms with Gasteiger partial charge in [-0.3, -0.25) is 4.98 Å². The van der Waals surface area contributed by atoms with E-state index in [1.165, 1.54) is 5.56 Å². The highest BCUT2D eigenvalue weighted by Gasteiger charge is 2.09. The summed E-state index contributed by atoms with van der Waals surface area (Å²) >= 11 is 5.32. The molecule has 0 fully saturated rings. The topological polar surface area (TPSA) is 16.1 Å². The minimum absolute atomic E-state index is 0.550. The van der Waals surface area contributed by atoms with Crippen molar-refractivity contribution in [3.63, 3.8) is 0 Å². The number of hydrogen-bond donors (Lipinski definition) is 0. The van der Waals surface area contributed by atoms with Crippen molar-refractivity contribution in [2.45, 2.75) is 33.4 Å². The van der Waals surface area contributed by atoms with Gasteiger partial charge in [-0.25, -0.2) is 4.31 Å². The van der Waals surface area contributed by atoms with E-state index in [0.29, 0.717) is 6.04 Å². The normalized spacial score (nSPS) is 11.3. The minimum Gasteiger partial charge on any atom is -0.263 e. The van der Waals surface area contributed by atoms with Crippen LogP contribution in [0.25, 0.3) is 0 Å². The molecular formula is C11H17BrN2S. The Morgan fingerprint density at radius 2 is 2.20 bits per heavy atom. The zero-order valence-corrected chi connectivity index (χ0v) is 11.8. The standard InChI is InChI=1S/C11H17BrN2S/c1-4-15-14(9(2)3)8-10-5-11(12)7-13-6-10/h5-7,9H,4,8H2,1-3H3. The summed E-state index contributed by atoms with van der Waals surface area (Å²) in [7, 11) is 0. The van der Waals surface area contributed by atoms with Gasteiger partial charge >= 0.3 is 0 Å². The second-order valence-electron chi connectivity index (χ2n) is 3.60. The van der Waals surface area contributed by atoms with Crippen LogP contribution in [0, 0.1) is 0 Å². The van der Waals surface area contributed by atoms with E-state index in [-0.39, 0.29) is 0 Å². The maximum absolute atomic E-state index is 4.17. The molecule has 0 saturated heterocycles. The Morgan fingerprint density at radius 1 is 1.47 bits per heavy atom. The van der Waals surface area contributed by atoms with E-state index in [0.717, 1.165) is 16.8 Å². The molecular weight excluding hydrogens is 272 g/mol. The first kappa shape index (κ1) is 13.0. The second-order valence-corrected chi connectivity index (χ2v) is 5.82. The summed E-state index contributed by atoms with van der Waals surface area (Å²) in [5, 5.41) is 0. The molecule has 1 aromatic heterocycles. The predicted molar refractivity (Wildman–Crippen MR) is 70.7 cm³/mol. The Hall–Kier alpha value is -0.0600. The first-order valence-corrected chi connectivity index (χ1v) is 6.86. The highest BCUT2D eigenvalue weighted by molar-refractivity contribution is 9.10. The lowest BCUT2D eigenvalue weighted by Crippen LogP contribution is -2.23. The van der Waals surface area contributed by atoms with E-state index in [1.807, 2.05) is 24.3 Å². The Balaban J connectivity index is 2.65. The SMILES string of the molecule is CCSN(Cc1cncc(Br)c1)C(C)C. The average molecular weight is 289 g/mol. The molecule has 1 aromatic rings. The zero-order chi connectivity index (χ0) is 11.3. The number of halogens is 1. The highest BCUT2D eigenvalue weighted by atomic mass is 79.9. The number of aromatic nitrogens is 1. The van der Waals surface area contributed by atoms with Gasteiger partial charge in [0, 0.05) is 35.2 Å². The van der Waals surface area contributed by atoms with Crippen molar-refractivity contribution in [1.82, 2.24) is 9.29 Å². The summed E-state index contributed by atoms with van der Waals surface area (Å²) in [6.45, 7) is 7.56. The molecule has 0 unspecified atom stereocenters. The van der Waals surface area contributed by atoms with Crippen molar-refractivity contribution in [2.24, 2.45) is 0 Å². The molecule has 0 aliphatic carbocycles. The van der Waals surface area contributed by atoms with Crippen LogP contribution in [0.15, 0.2) is 22.9 Å². The summed E-state index contributed by atoms with van der Waals surface area (Å²) in [5.74, 6) is 1.11. The van der Waals surface area contributed by atoms with Gasteiger partial charge < -0.3 is 0 Å². The van der Waals surface area contributed by atoms with Crippen LogP contribution in [0.5, 0.6) is 0 Å². The third-order valence-electron chi connectivity index (χ3n) is 1.97. The lowest BCUT2D eigenvalue weighted by molar-refractivity contribution is 0.390. The smallest absolute Gasteiger partial charge is 0.0410 e. The third-order valence-corrected chi connectivity index (χ3v) is 3.55. The Morgan fingerprint density at radius 3 is 2.73 bits per heavy atom. The lowest BCUT2D eigenvalue weighted by Gasteiger charge is -2.24. The molecule has 0 aliphatic rings. The first-order chi connectivity index (χ1) is 7.13.